The number of hydrogen-bond acceptors (Lipinski definition) is 2. The molecule has 0 atom stereocenters. The summed E-state index contributed by atoms with van der Waals surface area (Å²) in [5.74, 6) is -0.482. The molecule has 104 valence electrons. The lowest BCUT2D eigenvalue weighted by Gasteiger charge is -2.28. The maximum absolute atomic E-state index is 11.6. The van der Waals surface area contributed by atoms with Gasteiger partial charge >= 0.3 is 5.97 Å². The average Bonchev–Trinajstić information content (AvgIpc) is 2.51. The van der Waals surface area contributed by atoms with Crippen LogP contribution in [0.2, 0.25) is 0 Å². The van der Waals surface area contributed by atoms with Crippen LogP contribution in [0.4, 0.5) is 0 Å². The number of rotatable bonds is 5. The van der Waals surface area contributed by atoms with Gasteiger partial charge in [0.15, 0.2) is 0 Å². The first-order valence-electron chi connectivity index (χ1n) is 6.96. The van der Waals surface area contributed by atoms with Crippen LogP contribution >= 0.6 is 0 Å². The zero-order valence-corrected chi connectivity index (χ0v) is 11.5. The molecular weight excluding hydrogens is 230 g/mol. The van der Waals surface area contributed by atoms with E-state index in [1.54, 1.807) is 0 Å². The minimum Gasteiger partial charge on any atom is -0.481 e. The Labute approximate surface area is 109 Å². The van der Waals surface area contributed by atoms with Crippen molar-refractivity contribution in [2.24, 2.45) is 11.3 Å². The fourth-order valence-electron chi connectivity index (χ4n) is 2.58. The average molecular weight is 255 g/mol. The van der Waals surface area contributed by atoms with Crippen LogP contribution in [0.25, 0.3) is 0 Å². The summed E-state index contributed by atoms with van der Waals surface area (Å²) >= 11 is 0. The van der Waals surface area contributed by atoms with Crippen molar-refractivity contribution in [3.63, 3.8) is 0 Å². The second-order valence-electron chi connectivity index (χ2n) is 5.87. The van der Waals surface area contributed by atoms with Crippen LogP contribution < -0.4 is 5.32 Å². The maximum atomic E-state index is 11.6. The van der Waals surface area contributed by atoms with Crippen molar-refractivity contribution in [1.29, 1.82) is 0 Å². The third kappa shape index (κ3) is 4.31. The van der Waals surface area contributed by atoms with Gasteiger partial charge < -0.3 is 10.4 Å². The third-order valence-electron chi connectivity index (χ3n) is 3.73. The van der Waals surface area contributed by atoms with Crippen molar-refractivity contribution >= 4 is 11.9 Å². The predicted molar refractivity (Wildman–Crippen MR) is 70.2 cm³/mol. The van der Waals surface area contributed by atoms with E-state index in [9.17, 15) is 14.7 Å². The Hall–Kier alpha value is -1.06. The summed E-state index contributed by atoms with van der Waals surface area (Å²) < 4.78 is 0. The molecule has 0 radical (unpaired) electrons. The van der Waals surface area contributed by atoms with E-state index in [1.807, 2.05) is 13.8 Å². The van der Waals surface area contributed by atoms with Gasteiger partial charge in [-0.2, -0.15) is 0 Å². The zero-order chi connectivity index (χ0) is 13.6. The summed E-state index contributed by atoms with van der Waals surface area (Å²) in [5.41, 5.74) is -0.733. The number of carbonyl (C=O) groups excluding carboxylic acids is 1. The van der Waals surface area contributed by atoms with E-state index in [0.717, 1.165) is 25.7 Å². The summed E-state index contributed by atoms with van der Waals surface area (Å²) in [5, 5.41) is 12.3. The van der Waals surface area contributed by atoms with E-state index in [0.29, 0.717) is 25.2 Å². The molecule has 2 N–H and O–H groups in total. The number of carbonyl (C=O) groups is 2. The molecule has 0 aliphatic heterocycles. The van der Waals surface area contributed by atoms with Crippen molar-refractivity contribution in [3.8, 4) is 0 Å². The normalized spacial score (nSPS) is 19.3. The van der Waals surface area contributed by atoms with Crippen molar-refractivity contribution in [2.75, 3.05) is 6.54 Å². The second-order valence-corrected chi connectivity index (χ2v) is 5.87. The topological polar surface area (TPSA) is 66.4 Å². The van der Waals surface area contributed by atoms with E-state index in [-0.39, 0.29) is 12.5 Å². The van der Waals surface area contributed by atoms with E-state index in [1.165, 1.54) is 0 Å². The van der Waals surface area contributed by atoms with Gasteiger partial charge in [0.2, 0.25) is 5.91 Å². The van der Waals surface area contributed by atoms with Crippen molar-refractivity contribution in [3.05, 3.63) is 0 Å². The van der Waals surface area contributed by atoms with Crippen molar-refractivity contribution in [2.45, 2.75) is 58.8 Å². The van der Waals surface area contributed by atoms with Gasteiger partial charge in [0.1, 0.15) is 0 Å². The monoisotopic (exact) mass is 255 g/mol. The van der Waals surface area contributed by atoms with Gasteiger partial charge in [-0.15, -0.1) is 0 Å². The highest BCUT2D eigenvalue weighted by molar-refractivity contribution is 5.79. The first-order chi connectivity index (χ1) is 8.46. The molecule has 1 aliphatic carbocycles. The van der Waals surface area contributed by atoms with E-state index >= 15 is 0 Å². The third-order valence-corrected chi connectivity index (χ3v) is 3.73. The molecule has 1 aliphatic rings. The van der Waals surface area contributed by atoms with Gasteiger partial charge in [0, 0.05) is 13.0 Å². The van der Waals surface area contributed by atoms with Crippen LogP contribution in [-0.4, -0.2) is 23.5 Å². The number of hydrogen-bond donors (Lipinski definition) is 2. The Kier molecular flexibility index (Phi) is 5.63. The number of aliphatic carboxylic acids is 1. The van der Waals surface area contributed by atoms with Gasteiger partial charge in [-0.1, -0.05) is 39.5 Å². The maximum Gasteiger partial charge on any atom is 0.311 e. The molecule has 0 saturated heterocycles. The summed E-state index contributed by atoms with van der Waals surface area (Å²) in [6.45, 7) is 4.25. The molecule has 0 bridgehead atoms. The molecule has 4 nitrogen and oxygen atoms in total. The summed E-state index contributed by atoms with van der Waals surface area (Å²) in [4.78, 5) is 23.2. The van der Waals surface area contributed by atoms with Crippen LogP contribution in [0.1, 0.15) is 58.8 Å². The molecular formula is C14H25NO3. The lowest BCUT2D eigenvalue weighted by molar-refractivity contribution is -0.149. The molecule has 0 unspecified atom stereocenters. The van der Waals surface area contributed by atoms with E-state index in [4.69, 9.17) is 0 Å². The van der Waals surface area contributed by atoms with Gasteiger partial charge in [-0.05, 0) is 18.8 Å². The molecule has 0 aromatic rings. The van der Waals surface area contributed by atoms with Gasteiger partial charge in [-0.25, -0.2) is 0 Å². The Morgan fingerprint density at radius 1 is 1.17 bits per heavy atom. The van der Waals surface area contributed by atoms with E-state index < -0.39 is 11.4 Å². The Morgan fingerprint density at radius 3 is 2.17 bits per heavy atom. The standard InChI is InChI=1S/C14H25NO3/c1-11(2)9-12(16)15-10-14(13(17)18)7-5-3-4-6-8-14/h11H,3-10H2,1-2H3,(H,15,16)(H,17,18). The molecule has 1 saturated carbocycles. The molecule has 4 heteroatoms. The largest absolute Gasteiger partial charge is 0.481 e. The van der Waals surface area contributed by atoms with Crippen LogP contribution in [-0.2, 0) is 9.59 Å². The Bertz CT molecular complexity index is 291. The lowest BCUT2D eigenvalue weighted by atomic mass is 9.80. The van der Waals surface area contributed by atoms with Gasteiger partial charge in [0.05, 0.1) is 5.41 Å². The highest BCUT2D eigenvalue weighted by Gasteiger charge is 2.38. The van der Waals surface area contributed by atoms with Crippen LogP contribution in [0, 0.1) is 11.3 Å². The molecule has 0 heterocycles. The summed E-state index contributed by atoms with van der Waals surface area (Å²) in [7, 11) is 0. The first kappa shape index (κ1) is 15.0. The molecule has 0 spiro atoms. The predicted octanol–water partition coefficient (Wildman–Crippen LogP) is 2.57. The lowest BCUT2D eigenvalue weighted by Crippen LogP contribution is -2.43. The molecule has 0 aromatic carbocycles. The summed E-state index contributed by atoms with van der Waals surface area (Å²) in [6.07, 6.45) is 5.95. The molecule has 1 fully saturated rings. The van der Waals surface area contributed by atoms with Gasteiger partial charge in [-0.3, -0.25) is 9.59 Å². The Balaban J connectivity index is 2.57. The van der Waals surface area contributed by atoms with Gasteiger partial charge in [0.25, 0.3) is 0 Å². The molecule has 1 rings (SSSR count). The Morgan fingerprint density at radius 2 is 1.72 bits per heavy atom. The SMILES string of the molecule is CC(C)CC(=O)NCC1(C(=O)O)CCCCCC1. The molecule has 1 amide bonds. The van der Waals surface area contributed by atoms with Crippen LogP contribution in [0.3, 0.4) is 0 Å². The van der Waals surface area contributed by atoms with Crippen molar-refractivity contribution in [1.82, 2.24) is 5.32 Å². The number of carboxylic acid groups (broad SMARTS) is 1. The number of amides is 1. The highest BCUT2D eigenvalue weighted by Crippen LogP contribution is 2.34. The number of carboxylic acids is 1. The second kappa shape index (κ2) is 6.76. The zero-order valence-electron chi connectivity index (χ0n) is 11.5. The smallest absolute Gasteiger partial charge is 0.311 e. The molecule has 18 heavy (non-hydrogen) atoms. The van der Waals surface area contributed by atoms with E-state index in [2.05, 4.69) is 5.32 Å². The summed E-state index contributed by atoms with van der Waals surface area (Å²) in [6, 6.07) is 0. The fourth-order valence-corrected chi connectivity index (χ4v) is 2.58. The minimum atomic E-state index is -0.755. The van der Waals surface area contributed by atoms with Crippen LogP contribution in [0.5, 0.6) is 0 Å². The highest BCUT2D eigenvalue weighted by atomic mass is 16.4. The van der Waals surface area contributed by atoms with Crippen molar-refractivity contribution < 1.29 is 14.7 Å². The molecule has 0 aromatic heterocycles. The quantitative estimate of drug-likeness (QED) is 0.742. The first-order valence-corrected chi connectivity index (χ1v) is 6.96. The minimum absolute atomic E-state index is 0.0325. The fraction of sp³-hybridized carbons (Fsp3) is 0.857. The van der Waals surface area contributed by atoms with Crippen LogP contribution in [0.15, 0.2) is 0 Å². The number of nitrogens with one attached hydrogen (secondary N) is 1.